The molecule has 1 aromatic heterocycles. The minimum atomic E-state index is -3.38. The molecule has 2 aromatic rings. The number of thiazole rings is 1. The second-order valence-corrected chi connectivity index (χ2v) is 10.7. The summed E-state index contributed by atoms with van der Waals surface area (Å²) in [5, 5.41) is 1.61. The molecule has 0 radical (unpaired) electrons. The van der Waals surface area contributed by atoms with Crippen LogP contribution < -0.4 is 5.32 Å². The number of alkyl halides is 2. The first-order chi connectivity index (χ1) is 14.2. The van der Waals surface area contributed by atoms with Crippen LogP contribution in [-0.2, 0) is 14.6 Å². The Bertz CT molecular complexity index is 1070. The summed E-state index contributed by atoms with van der Waals surface area (Å²) in [5.74, 6) is -1.10. The summed E-state index contributed by atoms with van der Waals surface area (Å²) >= 11 is 0.652. The number of halogens is 3. The van der Waals surface area contributed by atoms with Gasteiger partial charge in [-0.3, -0.25) is 10.1 Å². The van der Waals surface area contributed by atoms with E-state index in [-0.39, 0.29) is 33.7 Å². The van der Waals surface area contributed by atoms with Gasteiger partial charge in [0.25, 0.3) is 5.91 Å². The predicted octanol–water partition coefficient (Wildman–Crippen LogP) is 4.33. The third-order valence-electron chi connectivity index (χ3n) is 5.25. The van der Waals surface area contributed by atoms with Crippen LogP contribution in [0.3, 0.4) is 0 Å². The fourth-order valence-corrected chi connectivity index (χ4v) is 5.71. The Morgan fingerprint density at radius 2 is 1.77 bits per heavy atom. The predicted molar refractivity (Wildman–Crippen MR) is 108 cm³/mol. The van der Waals surface area contributed by atoms with Crippen LogP contribution in [0.25, 0.3) is 5.57 Å². The number of hydrogen-bond acceptors (Lipinski definition) is 5. The highest BCUT2D eigenvalue weighted by Gasteiger charge is 2.37. The molecule has 0 spiro atoms. The van der Waals surface area contributed by atoms with Crippen molar-refractivity contribution in [3.63, 3.8) is 0 Å². The van der Waals surface area contributed by atoms with Crippen LogP contribution in [0.5, 0.6) is 0 Å². The van der Waals surface area contributed by atoms with E-state index in [1.165, 1.54) is 30.3 Å². The molecule has 30 heavy (non-hydrogen) atoms. The van der Waals surface area contributed by atoms with Crippen molar-refractivity contribution in [3.8, 4) is 0 Å². The van der Waals surface area contributed by atoms with Crippen molar-refractivity contribution in [1.82, 2.24) is 4.98 Å². The van der Waals surface area contributed by atoms with E-state index in [0.717, 1.165) is 6.20 Å². The summed E-state index contributed by atoms with van der Waals surface area (Å²) in [6.45, 7) is 0. The third kappa shape index (κ3) is 4.44. The number of sulfone groups is 1. The van der Waals surface area contributed by atoms with Crippen molar-refractivity contribution in [1.29, 1.82) is 0 Å². The molecule has 10 heteroatoms. The summed E-state index contributed by atoms with van der Waals surface area (Å²) in [6.07, 6.45) is 0.479. The molecule has 160 valence electrons. The van der Waals surface area contributed by atoms with Crippen molar-refractivity contribution < 1.29 is 26.4 Å². The minimum absolute atomic E-state index is 0.0437. The van der Waals surface area contributed by atoms with E-state index >= 15 is 0 Å². The zero-order valence-electron chi connectivity index (χ0n) is 15.7. The van der Waals surface area contributed by atoms with Gasteiger partial charge in [-0.05, 0) is 49.3 Å². The van der Waals surface area contributed by atoms with Gasteiger partial charge in [-0.2, -0.15) is 4.39 Å². The van der Waals surface area contributed by atoms with E-state index in [2.05, 4.69) is 10.3 Å². The van der Waals surface area contributed by atoms with Gasteiger partial charge in [-0.25, -0.2) is 22.2 Å². The molecular weight excluding hydrogens is 437 g/mol. The van der Waals surface area contributed by atoms with E-state index < -0.39 is 39.1 Å². The molecule has 0 bridgehead atoms. The number of amides is 1. The fraction of sp³-hybridized carbons (Fsp3) is 0.400. The minimum Gasteiger partial charge on any atom is -0.298 e. The second-order valence-electron chi connectivity index (χ2n) is 7.54. The normalized spacial score (nSPS) is 24.8. The molecule has 1 amide bonds. The van der Waals surface area contributed by atoms with Gasteiger partial charge in [-0.1, -0.05) is 29.5 Å². The van der Waals surface area contributed by atoms with Crippen LogP contribution in [0.2, 0.25) is 0 Å². The lowest BCUT2D eigenvalue weighted by atomic mass is 9.98. The molecule has 1 unspecified atom stereocenters. The van der Waals surface area contributed by atoms with Gasteiger partial charge < -0.3 is 0 Å². The Morgan fingerprint density at radius 1 is 1.13 bits per heavy atom. The zero-order chi connectivity index (χ0) is 21.5. The van der Waals surface area contributed by atoms with Crippen LogP contribution in [0.4, 0.5) is 18.3 Å². The first-order valence-electron chi connectivity index (χ1n) is 9.51. The quantitative estimate of drug-likeness (QED) is 0.657. The molecule has 3 atom stereocenters. The van der Waals surface area contributed by atoms with Crippen molar-refractivity contribution in [2.45, 2.75) is 48.2 Å². The number of nitrogens with one attached hydrogen (secondary N) is 1. The number of anilines is 1. The van der Waals surface area contributed by atoms with Gasteiger partial charge >= 0.3 is 0 Å². The molecule has 0 aliphatic heterocycles. The van der Waals surface area contributed by atoms with Crippen LogP contribution in [0.1, 0.15) is 31.2 Å². The van der Waals surface area contributed by atoms with E-state index in [1.54, 1.807) is 0 Å². The molecule has 2 fully saturated rings. The standard InChI is InChI=1S/C20H19F3N2O3S2/c21-16-8-11(9-17(16)22)7-15(19(26)25-20-24-10-18(23)29-20)12-1-3-13(4-2-12)30(27,28)14-5-6-14/h1-4,7,10-11,14,16-17H,5-6,8-9H2,(H,24,25,26)/t11?,16-,17+. The first-order valence-corrected chi connectivity index (χ1v) is 11.9. The number of allylic oxidation sites excluding steroid dienone is 1. The van der Waals surface area contributed by atoms with E-state index in [9.17, 15) is 26.4 Å². The molecule has 4 rings (SSSR count). The van der Waals surface area contributed by atoms with Crippen molar-refractivity contribution >= 4 is 37.8 Å². The number of carbonyl (C=O) groups excluding carboxylic acids is 1. The molecule has 0 saturated heterocycles. The van der Waals surface area contributed by atoms with Crippen molar-refractivity contribution in [3.05, 3.63) is 47.2 Å². The molecule has 2 aliphatic rings. The van der Waals surface area contributed by atoms with Gasteiger partial charge in [0.15, 0.2) is 20.1 Å². The van der Waals surface area contributed by atoms with Gasteiger partial charge in [0.05, 0.1) is 16.3 Å². The van der Waals surface area contributed by atoms with Gasteiger partial charge in [0.1, 0.15) is 12.3 Å². The molecular formula is C20H19F3N2O3S2. The maximum Gasteiger partial charge on any atom is 0.257 e. The van der Waals surface area contributed by atoms with Crippen LogP contribution >= 0.6 is 11.3 Å². The van der Waals surface area contributed by atoms with Gasteiger partial charge in [0, 0.05) is 5.57 Å². The number of aromatic nitrogens is 1. The molecule has 1 heterocycles. The lowest BCUT2D eigenvalue weighted by molar-refractivity contribution is -0.111. The van der Waals surface area contributed by atoms with Crippen LogP contribution in [-0.4, -0.2) is 36.9 Å². The summed E-state index contributed by atoms with van der Waals surface area (Å²) in [6, 6.07) is 5.85. The highest BCUT2D eigenvalue weighted by molar-refractivity contribution is 7.92. The average Bonchev–Trinajstić information content (AvgIpc) is 3.42. The SMILES string of the molecule is O=C(Nc1ncc(F)s1)C(=CC1C[C@@H](F)[C@@H](F)C1)c1ccc(S(=O)(=O)C2CC2)cc1. The smallest absolute Gasteiger partial charge is 0.257 e. The maximum absolute atomic E-state index is 13.6. The summed E-state index contributed by atoms with van der Waals surface area (Å²) in [4.78, 5) is 16.7. The van der Waals surface area contributed by atoms with Crippen molar-refractivity contribution in [2.75, 3.05) is 5.32 Å². The number of rotatable bonds is 6. The number of hydrogen-bond donors (Lipinski definition) is 1. The first kappa shape index (κ1) is 21.0. The Balaban J connectivity index is 1.63. The second kappa shape index (κ2) is 8.14. The topological polar surface area (TPSA) is 76.1 Å². The lowest BCUT2D eigenvalue weighted by Gasteiger charge is -2.12. The lowest BCUT2D eigenvalue weighted by Crippen LogP contribution is -2.15. The summed E-state index contributed by atoms with van der Waals surface area (Å²) in [7, 11) is -3.38. The number of benzene rings is 1. The van der Waals surface area contributed by atoms with Crippen molar-refractivity contribution in [2.24, 2.45) is 5.92 Å². The van der Waals surface area contributed by atoms with E-state index in [0.29, 0.717) is 29.7 Å². The van der Waals surface area contributed by atoms with E-state index in [1.807, 2.05) is 0 Å². The summed E-state index contributed by atoms with van der Waals surface area (Å²) in [5.41, 5.74) is 0.532. The Kier molecular flexibility index (Phi) is 5.71. The highest BCUT2D eigenvalue weighted by atomic mass is 32.2. The largest absolute Gasteiger partial charge is 0.298 e. The Labute approximate surface area is 175 Å². The number of carbonyl (C=O) groups is 1. The summed E-state index contributed by atoms with van der Waals surface area (Å²) < 4.78 is 65.2. The molecule has 1 aromatic carbocycles. The third-order valence-corrected chi connectivity index (χ3v) is 8.23. The zero-order valence-corrected chi connectivity index (χ0v) is 17.4. The van der Waals surface area contributed by atoms with E-state index in [4.69, 9.17) is 0 Å². The number of nitrogens with zero attached hydrogens (tertiary/aromatic N) is 1. The highest BCUT2D eigenvalue weighted by Crippen LogP contribution is 2.36. The van der Waals surface area contributed by atoms with Crippen LogP contribution in [0.15, 0.2) is 41.4 Å². The monoisotopic (exact) mass is 456 g/mol. The molecule has 5 nitrogen and oxygen atoms in total. The van der Waals surface area contributed by atoms with Gasteiger partial charge in [-0.15, -0.1) is 0 Å². The Morgan fingerprint density at radius 3 is 2.30 bits per heavy atom. The average molecular weight is 457 g/mol. The maximum atomic E-state index is 13.6. The molecule has 2 aliphatic carbocycles. The van der Waals surface area contributed by atoms with Gasteiger partial charge in [0.2, 0.25) is 0 Å². The fourth-order valence-electron chi connectivity index (χ4n) is 3.52. The molecule has 2 saturated carbocycles. The van der Waals surface area contributed by atoms with Crippen LogP contribution in [0, 0.1) is 11.0 Å². The Hall–Kier alpha value is -2.20. The molecule has 1 N–H and O–H groups in total.